The molecule has 3 aromatic rings. The van der Waals surface area contributed by atoms with E-state index in [0.29, 0.717) is 67.1 Å². The maximum atomic E-state index is 13.3. The lowest BCUT2D eigenvalue weighted by molar-refractivity contribution is 0.0571. The first-order valence-corrected chi connectivity index (χ1v) is 11.0. The van der Waals surface area contributed by atoms with E-state index < -0.39 is 0 Å². The zero-order chi connectivity index (χ0) is 24.1. The third-order valence-electron chi connectivity index (χ3n) is 5.66. The molecule has 2 aromatic carbocycles. The molecule has 0 unspecified atom stereocenters. The Morgan fingerprint density at radius 2 is 1.71 bits per heavy atom. The molecule has 4 rings (SSSR count). The maximum Gasteiger partial charge on any atom is 0.409 e. The lowest BCUT2D eigenvalue weighted by Gasteiger charge is -2.34. The Kier molecular flexibility index (Phi) is 7.01. The molecule has 1 fully saturated rings. The molecule has 0 spiro atoms. The molecule has 9 nitrogen and oxygen atoms in total. The van der Waals surface area contributed by atoms with Crippen molar-refractivity contribution in [1.29, 1.82) is 0 Å². The molecule has 2 amide bonds. The van der Waals surface area contributed by atoms with Gasteiger partial charge in [0.2, 0.25) is 5.89 Å². The predicted molar refractivity (Wildman–Crippen MR) is 125 cm³/mol. The summed E-state index contributed by atoms with van der Waals surface area (Å²) in [4.78, 5) is 33.1. The van der Waals surface area contributed by atoms with Gasteiger partial charge in [0.15, 0.2) is 5.76 Å². The fraction of sp³-hybridized carbons (Fsp3) is 0.320. The number of rotatable bonds is 6. The minimum absolute atomic E-state index is 0.138. The molecule has 1 aliphatic rings. The van der Waals surface area contributed by atoms with Crippen LogP contribution in [0.3, 0.4) is 0 Å². The predicted octanol–water partition coefficient (Wildman–Crippen LogP) is 3.94. The average Bonchev–Trinajstić information content (AvgIpc) is 3.38. The van der Waals surface area contributed by atoms with Gasteiger partial charge in [0.1, 0.15) is 11.5 Å². The van der Waals surface area contributed by atoms with E-state index in [2.05, 4.69) is 4.98 Å². The van der Waals surface area contributed by atoms with Gasteiger partial charge in [0.05, 0.1) is 38.2 Å². The van der Waals surface area contributed by atoms with Crippen LogP contribution < -0.4 is 9.47 Å². The first-order valence-electron chi connectivity index (χ1n) is 11.0. The van der Waals surface area contributed by atoms with Crippen molar-refractivity contribution in [1.82, 2.24) is 14.8 Å². The second-order valence-electron chi connectivity index (χ2n) is 7.62. The monoisotopic (exact) mass is 465 g/mol. The topological polar surface area (TPSA) is 94.3 Å². The first-order chi connectivity index (χ1) is 16.5. The second kappa shape index (κ2) is 10.3. The summed E-state index contributed by atoms with van der Waals surface area (Å²) < 4.78 is 21.8. The van der Waals surface area contributed by atoms with Crippen molar-refractivity contribution in [3.8, 4) is 34.3 Å². The summed E-state index contributed by atoms with van der Waals surface area (Å²) in [6.07, 6.45) is 1.26. The number of hydrogen-bond acceptors (Lipinski definition) is 7. The van der Waals surface area contributed by atoms with Crippen molar-refractivity contribution < 1.29 is 28.2 Å². The molecule has 0 aliphatic carbocycles. The number of nitrogens with zero attached hydrogens (tertiary/aromatic N) is 3. The molecule has 0 saturated carbocycles. The van der Waals surface area contributed by atoms with Crippen LogP contribution in [0.25, 0.3) is 22.8 Å². The van der Waals surface area contributed by atoms with Crippen molar-refractivity contribution >= 4 is 12.0 Å². The van der Waals surface area contributed by atoms with E-state index in [-0.39, 0.29) is 12.0 Å². The fourth-order valence-corrected chi connectivity index (χ4v) is 3.86. The van der Waals surface area contributed by atoms with Crippen LogP contribution >= 0.6 is 0 Å². The maximum absolute atomic E-state index is 13.3. The molecular formula is C25H27N3O6. The molecule has 9 heteroatoms. The van der Waals surface area contributed by atoms with Crippen LogP contribution in [0.5, 0.6) is 11.5 Å². The van der Waals surface area contributed by atoms with Gasteiger partial charge in [-0.3, -0.25) is 4.79 Å². The summed E-state index contributed by atoms with van der Waals surface area (Å²) >= 11 is 0. The number of benzene rings is 2. The molecule has 0 radical (unpaired) electrons. The SMILES string of the molecule is CCOC(=O)N1CCN(C(=O)c2ccccc2-c2ncc(-c3ccc(OC)cc3OC)o2)CC1. The van der Waals surface area contributed by atoms with Gasteiger partial charge in [0.25, 0.3) is 5.91 Å². The van der Waals surface area contributed by atoms with Crippen LogP contribution in [0.15, 0.2) is 53.1 Å². The van der Waals surface area contributed by atoms with Gasteiger partial charge in [-0.05, 0) is 31.2 Å². The van der Waals surface area contributed by atoms with Gasteiger partial charge in [-0.2, -0.15) is 0 Å². The van der Waals surface area contributed by atoms with Gasteiger partial charge in [-0.15, -0.1) is 0 Å². The number of oxazole rings is 1. The van der Waals surface area contributed by atoms with Crippen LogP contribution in [0, 0.1) is 0 Å². The molecular weight excluding hydrogens is 438 g/mol. The van der Waals surface area contributed by atoms with E-state index in [0.717, 1.165) is 5.56 Å². The molecule has 0 atom stereocenters. The molecule has 1 aromatic heterocycles. The largest absolute Gasteiger partial charge is 0.497 e. The number of hydrogen-bond donors (Lipinski definition) is 0. The van der Waals surface area contributed by atoms with Gasteiger partial charge < -0.3 is 28.4 Å². The normalized spacial score (nSPS) is 13.5. The van der Waals surface area contributed by atoms with E-state index in [1.165, 1.54) is 0 Å². The van der Waals surface area contributed by atoms with Gasteiger partial charge >= 0.3 is 6.09 Å². The van der Waals surface area contributed by atoms with E-state index >= 15 is 0 Å². The van der Waals surface area contributed by atoms with Crippen molar-refractivity contribution in [2.45, 2.75) is 6.92 Å². The molecule has 178 valence electrons. The number of aromatic nitrogens is 1. The van der Waals surface area contributed by atoms with Gasteiger partial charge in [-0.1, -0.05) is 12.1 Å². The van der Waals surface area contributed by atoms with Crippen LogP contribution in [-0.4, -0.2) is 73.8 Å². The molecule has 0 bridgehead atoms. The molecule has 0 N–H and O–H groups in total. The molecule has 2 heterocycles. The highest BCUT2D eigenvalue weighted by molar-refractivity contribution is 6.00. The number of piperazine rings is 1. The van der Waals surface area contributed by atoms with Crippen molar-refractivity contribution in [3.05, 3.63) is 54.2 Å². The zero-order valence-electron chi connectivity index (χ0n) is 19.4. The van der Waals surface area contributed by atoms with E-state index in [1.807, 2.05) is 30.3 Å². The summed E-state index contributed by atoms with van der Waals surface area (Å²) in [6.45, 7) is 3.79. The summed E-state index contributed by atoms with van der Waals surface area (Å²) in [5.41, 5.74) is 1.81. The lowest BCUT2D eigenvalue weighted by Crippen LogP contribution is -2.50. The minimum atomic E-state index is -0.351. The molecule has 1 aliphatic heterocycles. The zero-order valence-corrected chi connectivity index (χ0v) is 19.4. The summed E-state index contributed by atoms with van der Waals surface area (Å²) in [6, 6.07) is 12.6. The van der Waals surface area contributed by atoms with E-state index in [1.54, 1.807) is 49.3 Å². The second-order valence-corrected chi connectivity index (χ2v) is 7.62. The van der Waals surface area contributed by atoms with Crippen LogP contribution in [0.1, 0.15) is 17.3 Å². The molecule has 1 saturated heterocycles. The number of ether oxygens (including phenoxy) is 3. The van der Waals surface area contributed by atoms with Crippen molar-refractivity contribution in [2.24, 2.45) is 0 Å². The average molecular weight is 466 g/mol. The third-order valence-corrected chi connectivity index (χ3v) is 5.66. The quantitative estimate of drug-likeness (QED) is 0.544. The Bertz CT molecular complexity index is 1170. The number of methoxy groups -OCH3 is 2. The van der Waals surface area contributed by atoms with Crippen LogP contribution in [0.4, 0.5) is 4.79 Å². The Morgan fingerprint density at radius 1 is 0.971 bits per heavy atom. The number of carbonyl (C=O) groups excluding carboxylic acids is 2. The summed E-state index contributed by atoms with van der Waals surface area (Å²) in [5, 5.41) is 0. The number of amides is 2. The Balaban J connectivity index is 1.56. The highest BCUT2D eigenvalue weighted by Gasteiger charge is 2.27. The standard InChI is InChI=1S/C25H27N3O6/c1-4-33-25(30)28-13-11-27(12-14-28)24(29)19-8-6-5-7-18(19)23-26-16-22(34-23)20-10-9-17(31-2)15-21(20)32-3/h5-10,15-16H,4,11-14H2,1-3H3. The van der Waals surface area contributed by atoms with Crippen LogP contribution in [0.2, 0.25) is 0 Å². The fourth-order valence-electron chi connectivity index (χ4n) is 3.86. The van der Waals surface area contributed by atoms with Gasteiger partial charge in [-0.25, -0.2) is 9.78 Å². The summed E-state index contributed by atoms with van der Waals surface area (Å²) in [7, 11) is 3.16. The van der Waals surface area contributed by atoms with Crippen molar-refractivity contribution in [3.63, 3.8) is 0 Å². The number of carbonyl (C=O) groups is 2. The van der Waals surface area contributed by atoms with Crippen LogP contribution in [-0.2, 0) is 4.74 Å². The minimum Gasteiger partial charge on any atom is -0.497 e. The van der Waals surface area contributed by atoms with Gasteiger partial charge in [0, 0.05) is 37.8 Å². The third kappa shape index (κ3) is 4.68. The summed E-state index contributed by atoms with van der Waals surface area (Å²) in [5.74, 6) is 1.97. The Labute approximate surface area is 197 Å². The Hall–Kier alpha value is -4.01. The first kappa shape index (κ1) is 23.2. The Morgan fingerprint density at radius 3 is 2.41 bits per heavy atom. The van der Waals surface area contributed by atoms with E-state index in [4.69, 9.17) is 18.6 Å². The van der Waals surface area contributed by atoms with Crippen molar-refractivity contribution in [2.75, 3.05) is 47.0 Å². The van der Waals surface area contributed by atoms with E-state index in [9.17, 15) is 9.59 Å². The molecule has 34 heavy (non-hydrogen) atoms. The highest BCUT2D eigenvalue weighted by atomic mass is 16.6. The lowest BCUT2D eigenvalue weighted by atomic mass is 10.1. The smallest absolute Gasteiger partial charge is 0.409 e. The highest BCUT2D eigenvalue weighted by Crippen LogP contribution is 2.36.